The van der Waals surface area contributed by atoms with Crippen molar-refractivity contribution in [2.45, 2.75) is 58.3 Å². The molecule has 13 rings (SSSR count). The summed E-state index contributed by atoms with van der Waals surface area (Å²) in [7, 11) is 0. The number of carbonyl (C=O) groups excluding carboxylic acids is 1. The van der Waals surface area contributed by atoms with Crippen LogP contribution in [0.15, 0.2) is 0 Å². The second kappa shape index (κ2) is 3.20. The molecule has 13 aliphatic carbocycles. The van der Waals surface area contributed by atoms with Gasteiger partial charge in [-0.2, -0.15) is 0 Å². The molecule has 0 radical (unpaired) electrons. The molecule has 1 heteroatoms. The van der Waals surface area contributed by atoms with Gasteiger partial charge in [0.25, 0.3) is 0 Å². The molecule has 25 heavy (non-hydrogen) atoms. The van der Waals surface area contributed by atoms with E-state index < -0.39 is 0 Å². The molecule has 14 atom stereocenters. The molecule has 13 fully saturated rings. The van der Waals surface area contributed by atoms with Gasteiger partial charge in [0.1, 0.15) is 5.78 Å². The summed E-state index contributed by atoms with van der Waals surface area (Å²) in [6, 6.07) is 0. The highest BCUT2D eigenvalue weighted by atomic mass is 16.1. The van der Waals surface area contributed by atoms with Gasteiger partial charge in [-0.15, -0.1) is 0 Å². The fourth-order valence-electron chi connectivity index (χ4n) is 14.0. The maximum absolute atomic E-state index is 12.9. The second-order valence-electron chi connectivity index (χ2n) is 12.9. The van der Waals surface area contributed by atoms with Crippen molar-refractivity contribution in [1.29, 1.82) is 0 Å². The predicted molar refractivity (Wildman–Crippen MR) is 93.3 cm³/mol. The topological polar surface area (TPSA) is 17.1 Å². The number of hydrogen-bond donors (Lipinski definition) is 0. The van der Waals surface area contributed by atoms with Crippen molar-refractivity contribution in [1.82, 2.24) is 0 Å². The van der Waals surface area contributed by atoms with Crippen LogP contribution in [0.4, 0.5) is 0 Å². The Morgan fingerprint density at radius 2 is 1.24 bits per heavy atom. The Bertz CT molecular complexity index is 739. The third-order valence-electron chi connectivity index (χ3n) is 13.3. The van der Waals surface area contributed by atoms with Gasteiger partial charge < -0.3 is 0 Å². The fourth-order valence-corrected chi connectivity index (χ4v) is 14.0. The summed E-state index contributed by atoms with van der Waals surface area (Å²) in [5.74, 6) is 12.5. The van der Waals surface area contributed by atoms with Crippen LogP contribution in [0.5, 0.6) is 0 Å². The van der Waals surface area contributed by atoms with Crippen LogP contribution in [0.3, 0.4) is 0 Å². The van der Waals surface area contributed by atoms with Crippen molar-refractivity contribution in [3.8, 4) is 0 Å². The maximum atomic E-state index is 12.9. The number of hydrogen-bond acceptors (Lipinski definition) is 1. The van der Waals surface area contributed by atoms with Gasteiger partial charge in [-0.3, -0.25) is 4.79 Å². The number of carbonyl (C=O) groups is 1. The van der Waals surface area contributed by atoms with E-state index in [2.05, 4.69) is 0 Å². The van der Waals surface area contributed by atoms with Crippen molar-refractivity contribution in [2.75, 3.05) is 0 Å². The van der Waals surface area contributed by atoms with Gasteiger partial charge in [-0.25, -0.2) is 0 Å². The normalized spacial score (nSPS) is 79.2. The van der Waals surface area contributed by atoms with Crippen LogP contribution in [0.1, 0.15) is 58.3 Å². The zero-order valence-electron chi connectivity index (χ0n) is 15.4. The van der Waals surface area contributed by atoms with E-state index in [1.54, 1.807) is 32.1 Å². The molecule has 1 nitrogen and oxygen atoms in total. The molecule has 0 aliphatic heterocycles. The van der Waals surface area contributed by atoms with Crippen molar-refractivity contribution in [3.63, 3.8) is 0 Å². The maximum Gasteiger partial charge on any atom is 0.136 e. The third kappa shape index (κ3) is 0.941. The lowest BCUT2D eigenvalue weighted by Gasteiger charge is -2.92. The van der Waals surface area contributed by atoms with Crippen LogP contribution in [-0.4, -0.2) is 5.78 Å². The van der Waals surface area contributed by atoms with E-state index in [0.29, 0.717) is 11.2 Å². The molecular weight excluding hydrogens is 304 g/mol. The van der Waals surface area contributed by atoms with Gasteiger partial charge in [-0.05, 0) is 134 Å². The first-order chi connectivity index (χ1) is 12.1. The standard InChI is InChI=1S/C24H30O/c1-10(25)22-5-16-15-7-23-4-11-2-12-14-8-24(9-22,20(16)18(12)23)21(17(15)6-22)19(23)13(14)3-11/h11-21H,2-9H2,1H3/t11?,12-,13+,14?,15?,16+,17-,18+,19-,20-,21+,22?,23?,24?. The van der Waals surface area contributed by atoms with E-state index in [-0.39, 0.29) is 5.41 Å². The first-order valence-corrected chi connectivity index (χ1v) is 11.6. The summed E-state index contributed by atoms with van der Waals surface area (Å²) in [5.41, 5.74) is 1.64. The third-order valence-corrected chi connectivity index (χ3v) is 13.3. The Kier molecular flexibility index (Phi) is 1.66. The summed E-state index contributed by atoms with van der Waals surface area (Å²) >= 11 is 0. The highest BCUT2D eigenvalue weighted by Gasteiger charge is 2.88. The van der Waals surface area contributed by atoms with Crippen molar-refractivity contribution >= 4 is 5.78 Å². The van der Waals surface area contributed by atoms with Crippen LogP contribution < -0.4 is 0 Å². The predicted octanol–water partition coefficient (Wildman–Crippen LogP) is 4.56. The highest BCUT2D eigenvalue weighted by Crippen LogP contribution is 2.93. The van der Waals surface area contributed by atoms with Crippen molar-refractivity contribution in [2.24, 2.45) is 81.3 Å². The average Bonchev–Trinajstić information content (AvgIpc) is 2.59. The SMILES string of the molecule is CC(=O)C12C[C@@H]3C4CC56CC7C[C@@H]8C9CC(C1)([C@@H]3[C@H]5[C@H]9C7)[C@@H]([C@H]86)[C@H]4C2. The van der Waals surface area contributed by atoms with Gasteiger partial charge >= 0.3 is 0 Å². The van der Waals surface area contributed by atoms with E-state index in [1.165, 1.54) is 19.3 Å². The molecule has 0 aromatic rings. The Morgan fingerprint density at radius 1 is 0.680 bits per heavy atom. The van der Waals surface area contributed by atoms with Crippen LogP contribution in [0.2, 0.25) is 0 Å². The summed E-state index contributed by atoms with van der Waals surface area (Å²) in [6.07, 6.45) is 12.1. The molecule has 0 aromatic carbocycles. The Hall–Kier alpha value is -0.330. The smallest absolute Gasteiger partial charge is 0.136 e. The number of rotatable bonds is 1. The summed E-state index contributed by atoms with van der Waals surface area (Å²) in [6.45, 7) is 1.97. The molecule has 13 saturated carbocycles. The van der Waals surface area contributed by atoms with Crippen LogP contribution in [0.25, 0.3) is 0 Å². The minimum Gasteiger partial charge on any atom is -0.299 e. The monoisotopic (exact) mass is 334 g/mol. The first kappa shape index (κ1) is 12.9. The molecule has 0 aromatic heterocycles. The Labute approximate surface area is 150 Å². The fraction of sp³-hybridized carbons (Fsp3) is 0.958. The second-order valence-corrected chi connectivity index (χ2v) is 12.9. The van der Waals surface area contributed by atoms with Crippen molar-refractivity contribution in [3.05, 3.63) is 0 Å². The zero-order valence-corrected chi connectivity index (χ0v) is 15.4. The van der Waals surface area contributed by atoms with Crippen LogP contribution in [-0.2, 0) is 4.79 Å². The lowest BCUT2D eigenvalue weighted by molar-refractivity contribution is -0.437. The van der Waals surface area contributed by atoms with E-state index >= 15 is 0 Å². The van der Waals surface area contributed by atoms with Crippen LogP contribution in [0, 0.1) is 81.3 Å². The molecule has 6 unspecified atom stereocenters. The lowest BCUT2D eigenvalue weighted by atomic mass is 9.12. The number of Topliss-reactive ketones (excluding diaryl/α,β-unsaturated/α-hetero) is 1. The quantitative estimate of drug-likeness (QED) is 0.687. The zero-order chi connectivity index (χ0) is 16.1. The Balaban J connectivity index is 1.37. The van der Waals surface area contributed by atoms with E-state index in [9.17, 15) is 4.79 Å². The van der Waals surface area contributed by atoms with Crippen LogP contribution >= 0.6 is 0 Å². The molecule has 2 spiro atoms. The van der Waals surface area contributed by atoms with E-state index in [0.717, 1.165) is 70.5 Å². The van der Waals surface area contributed by atoms with Gasteiger partial charge in [0.15, 0.2) is 0 Å². The summed E-state index contributed by atoms with van der Waals surface area (Å²) in [4.78, 5) is 12.9. The van der Waals surface area contributed by atoms with Gasteiger partial charge in [0, 0.05) is 5.41 Å². The minimum absolute atomic E-state index is 0.145. The van der Waals surface area contributed by atoms with E-state index in [4.69, 9.17) is 0 Å². The lowest BCUT2D eigenvalue weighted by Crippen LogP contribution is -2.86. The Morgan fingerprint density at radius 3 is 1.88 bits per heavy atom. The first-order valence-electron chi connectivity index (χ1n) is 11.6. The molecule has 0 saturated heterocycles. The summed E-state index contributed by atoms with van der Waals surface area (Å²) < 4.78 is 0. The summed E-state index contributed by atoms with van der Waals surface area (Å²) in [5, 5.41) is 0. The van der Waals surface area contributed by atoms with Gasteiger partial charge in [-0.1, -0.05) is 0 Å². The molecule has 13 aliphatic rings. The molecular formula is C24H30O. The molecule has 132 valence electrons. The van der Waals surface area contributed by atoms with Gasteiger partial charge in [0.2, 0.25) is 0 Å². The molecule has 14 bridgehead atoms. The molecule has 0 N–H and O–H groups in total. The highest BCUT2D eigenvalue weighted by molar-refractivity contribution is 5.83. The molecule has 0 amide bonds. The largest absolute Gasteiger partial charge is 0.299 e. The molecule has 0 heterocycles. The minimum atomic E-state index is 0.145. The van der Waals surface area contributed by atoms with Crippen molar-refractivity contribution < 1.29 is 4.79 Å². The van der Waals surface area contributed by atoms with Gasteiger partial charge in [0.05, 0.1) is 0 Å². The van der Waals surface area contributed by atoms with E-state index in [1.807, 2.05) is 6.92 Å². The average molecular weight is 335 g/mol. The number of ketones is 1.